The molecule has 0 spiro atoms. The van der Waals surface area contributed by atoms with Crippen LogP contribution >= 0.6 is 11.8 Å². The van der Waals surface area contributed by atoms with Crippen LogP contribution in [0.15, 0.2) is 0 Å². The molecule has 0 aromatic heterocycles. The van der Waals surface area contributed by atoms with Gasteiger partial charge in [0.1, 0.15) is 0 Å². The van der Waals surface area contributed by atoms with E-state index >= 15 is 0 Å². The van der Waals surface area contributed by atoms with Crippen molar-refractivity contribution in [3.63, 3.8) is 0 Å². The fourth-order valence-electron chi connectivity index (χ4n) is 2.43. The van der Waals surface area contributed by atoms with Gasteiger partial charge in [0.15, 0.2) is 0 Å². The van der Waals surface area contributed by atoms with E-state index in [9.17, 15) is 5.11 Å². The lowest BCUT2D eigenvalue weighted by atomic mass is 9.88. The molecule has 3 unspecified atom stereocenters. The molecule has 1 saturated carbocycles. The first-order valence-corrected chi connectivity index (χ1v) is 8.62. The zero-order valence-corrected chi connectivity index (χ0v) is 12.7. The predicted octanol–water partition coefficient (Wildman–Crippen LogP) is 2.29. The topological polar surface area (TPSA) is 41.5 Å². The van der Waals surface area contributed by atoms with Crippen molar-refractivity contribution in [3.8, 4) is 0 Å². The molecule has 0 heterocycles. The number of aliphatic hydroxyl groups is 1. The molecule has 3 atom stereocenters. The Labute approximate surface area is 116 Å². The second-order valence-electron chi connectivity index (χ2n) is 5.34. The fraction of sp³-hybridized carbons (Fsp3) is 1.00. The minimum absolute atomic E-state index is 0.366. The van der Waals surface area contributed by atoms with Gasteiger partial charge < -0.3 is 15.2 Å². The first-order chi connectivity index (χ1) is 8.74. The van der Waals surface area contributed by atoms with E-state index in [2.05, 4.69) is 18.5 Å². The van der Waals surface area contributed by atoms with Gasteiger partial charge in [-0.2, -0.15) is 11.8 Å². The van der Waals surface area contributed by atoms with E-state index in [0.717, 1.165) is 19.4 Å². The highest BCUT2D eigenvalue weighted by Gasteiger charge is 2.22. The standard InChI is InChI=1S/C14H29NO2S/c1-12-6-3-4-7-14(12)17-11-13(16)10-15-8-5-9-18-2/h12-16H,3-11H2,1-2H3. The Morgan fingerprint density at radius 2 is 2.17 bits per heavy atom. The van der Waals surface area contributed by atoms with Crippen LogP contribution in [-0.4, -0.2) is 49.0 Å². The lowest BCUT2D eigenvalue weighted by Gasteiger charge is -2.29. The first-order valence-electron chi connectivity index (χ1n) is 7.23. The van der Waals surface area contributed by atoms with Gasteiger partial charge in [-0.25, -0.2) is 0 Å². The number of rotatable bonds is 9. The summed E-state index contributed by atoms with van der Waals surface area (Å²) in [6.07, 6.45) is 8.32. The maximum absolute atomic E-state index is 9.83. The average molecular weight is 275 g/mol. The van der Waals surface area contributed by atoms with Crippen molar-refractivity contribution in [1.29, 1.82) is 0 Å². The van der Waals surface area contributed by atoms with Crippen molar-refractivity contribution < 1.29 is 9.84 Å². The molecule has 0 aromatic carbocycles. The smallest absolute Gasteiger partial charge is 0.0897 e. The van der Waals surface area contributed by atoms with E-state index in [-0.39, 0.29) is 6.10 Å². The Bertz CT molecular complexity index is 204. The summed E-state index contributed by atoms with van der Waals surface area (Å²) in [6, 6.07) is 0. The maximum Gasteiger partial charge on any atom is 0.0897 e. The first kappa shape index (κ1) is 16.3. The minimum Gasteiger partial charge on any atom is -0.389 e. The van der Waals surface area contributed by atoms with Crippen LogP contribution < -0.4 is 5.32 Å². The Hall–Kier alpha value is 0.230. The number of hydrogen-bond donors (Lipinski definition) is 2. The summed E-state index contributed by atoms with van der Waals surface area (Å²) in [4.78, 5) is 0. The van der Waals surface area contributed by atoms with E-state index in [1.54, 1.807) is 0 Å². The van der Waals surface area contributed by atoms with Crippen molar-refractivity contribution >= 4 is 11.8 Å². The summed E-state index contributed by atoms with van der Waals surface area (Å²) in [5.41, 5.74) is 0. The fourth-order valence-corrected chi connectivity index (χ4v) is 2.87. The van der Waals surface area contributed by atoms with Crippen LogP contribution in [0.25, 0.3) is 0 Å². The predicted molar refractivity (Wildman–Crippen MR) is 79.2 cm³/mol. The molecule has 0 radical (unpaired) electrons. The summed E-state index contributed by atoms with van der Waals surface area (Å²) in [5.74, 6) is 1.83. The molecule has 1 fully saturated rings. The van der Waals surface area contributed by atoms with Crippen LogP contribution in [0.4, 0.5) is 0 Å². The van der Waals surface area contributed by atoms with E-state index in [1.807, 2.05) is 11.8 Å². The monoisotopic (exact) mass is 275 g/mol. The molecule has 4 heteroatoms. The van der Waals surface area contributed by atoms with Gasteiger partial charge in [-0.1, -0.05) is 19.8 Å². The van der Waals surface area contributed by atoms with Gasteiger partial charge in [-0.15, -0.1) is 0 Å². The second kappa shape index (κ2) is 10.1. The Morgan fingerprint density at radius 1 is 1.39 bits per heavy atom. The number of aliphatic hydroxyl groups excluding tert-OH is 1. The molecule has 1 aliphatic carbocycles. The summed E-state index contributed by atoms with van der Waals surface area (Å²) in [6.45, 7) is 4.37. The normalized spacial score (nSPS) is 26.2. The van der Waals surface area contributed by atoms with Gasteiger partial charge in [-0.05, 0) is 43.7 Å². The molecule has 0 aromatic rings. The van der Waals surface area contributed by atoms with E-state index < -0.39 is 0 Å². The minimum atomic E-state index is -0.367. The summed E-state index contributed by atoms with van der Waals surface area (Å²) >= 11 is 1.86. The number of ether oxygens (including phenoxy) is 1. The highest BCUT2D eigenvalue weighted by Crippen LogP contribution is 2.26. The Morgan fingerprint density at radius 3 is 2.89 bits per heavy atom. The third-order valence-corrected chi connectivity index (χ3v) is 4.31. The maximum atomic E-state index is 9.83. The van der Waals surface area contributed by atoms with E-state index in [0.29, 0.717) is 25.2 Å². The van der Waals surface area contributed by atoms with Crippen molar-refractivity contribution in [2.24, 2.45) is 5.92 Å². The highest BCUT2D eigenvalue weighted by molar-refractivity contribution is 7.98. The zero-order valence-electron chi connectivity index (χ0n) is 11.9. The van der Waals surface area contributed by atoms with Crippen molar-refractivity contribution in [2.75, 3.05) is 31.7 Å². The average Bonchev–Trinajstić information content (AvgIpc) is 2.37. The van der Waals surface area contributed by atoms with Gasteiger partial charge in [0.2, 0.25) is 0 Å². The Kier molecular flexibility index (Phi) is 9.11. The molecule has 0 saturated heterocycles. The molecule has 1 aliphatic rings. The molecule has 18 heavy (non-hydrogen) atoms. The van der Waals surface area contributed by atoms with Crippen LogP contribution in [0.5, 0.6) is 0 Å². The summed E-state index contributed by atoms with van der Waals surface area (Å²) in [5, 5.41) is 13.1. The van der Waals surface area contributed by atoms with Crippen molar-refractivity contribution in [2.45, 2.75) is 51.2 Å². The number of nitrogens with one attached hydrogen (secondary N) is 1. The molecule has 1 rings (SSSR count). The SMILES string of the molecule is CSCCCNCC(O)COC1CCCCC1C. The molecular weight excluding hydrogens is 246 g/mol. The summed E-state index contributed by atoms with van der Waals surface area (Å²) < 4.78 is 5.84. The lowest BCUT2D eigenvalue weighted by molar-refractivity contribution is -0.0450. The van der Waals surface area contributed by atoms with Gasteiger partial charge in [0, 0.05) is 6.54 Å². The molecule has 0 aliphatic heterocycles. The Balaban J connectivity index is 2.00. The van der Waals surface area contributed by atoms with Crippen LogP contribution in [0.1, 0.15) is 39.0 Å². The largest absolute Gasteiger partial charge is 0.389 e. The number of thioether (sulfide) groups is 1. The third kappa shape index (κ3) is 6.98. The molecule has 108 valence electrons. The lowest BCUT2D eigenvalue weighted by Crippen LogP contribution is -2.34. The zero-order chi connectivity index (χ0) is 13.2. The van der Waals surface area contributed by atoms with Gasteiger partial charge >= 0.3 is 0 Å². The number of hydrogen-bond acceptors (Lipinski definition) is 4. The van der Waals surface area contributed by atoms with Crippen LogP contribution in [0.2, 0.25) is 0 Å². The van der Waals surface area contributed by atoms with Crippen molar-refractivity contribution in [1.82, 2.24) is 5.32 Å². The van der Waals surface area contributed by atoms with Gasteiger partial charge in [0.05, 0.1) is 18.8 Å². The second-order valence-corrected chi connectivity index (χ2v) is 6.32. The highest BCUT2D eigenvalue weighted by atomic mass is 32.2. The van der Waals surface area contributed by atoms with E-state index in [4.69, 9.17) is 4.74 Å². The van der Waals surface area contributed by atoms with Crippen LogP contribution in [0, 0.1) is 5.92 Å². The summed E-state index contributed by atoms with van der Waals surface area (Å²) in [7, 11) is 0. The molecule has 0 amide bonds. The van der Waals surface area contributed by atoms with Crippen molar-refractivity contribution in [3.05, 3.63) is 0 Å². The molecule has 2 N–H and O–H groups in total. The third-order valence-electron chi connectivity index (χ3n) is 3.62. The van der Waals surface area contributed by atoms with E-state index in [1.165, 1.54) is 25.0 Å². The molecular formula is C14H29NO2S. The van der Waals surface area contributed by atoms with Gasteiger partial charge in [-0.3, -0.25) is 0 Å². The quantitative estimate of drug-likeness (QED) is 0.634. The van der Waals surface area contributed by atoms with Crippen LogP contribution in [-0.2, 0) is 4.74 Å². The van der Waals surface area contributed by atoms with Crippen LogP contribution in [0.3, 0.4) is 0 Å². The molecule has 3 nitrogen and oxygen atoms in total. The van der Waals surface area contributed by atoms with Gasteiger partial charge in [0.25, 0.3) is 0 Å². The molecule has 0 bridgehead atoms.